The third-order valence-corrected chi connectivity index (χ3v) is 3.73. The average Bonchev–Trinajstić information content (AvgIpc) is 2.62. The number of benzene rings is 1. The molecule has 1 aromatic carbocycles. The number of ether oxygens (including phenoxy) is 1. The number of nitrogen functional groups attached to an aromatic ring is 1. The van der Waals surface area contributed by atoms with Gasteiger partial charge in [-0.05, 0) is 46.1 Å². The Balaban J connectivity index is 2.58. The van der Waals surface area contributed by atoms with Crippen molar-refractivity contribution in [2.45, 2.75) is 13.3 Å². The van der Waals surface area contributed by atoms with Crippen molar-refractivity contribution in [1.29, 1.82) is 0 Å². The van der Waals surface area contributed by atoms with Crippen molar-refractivity contribution >= 4 is 21.7 Å². The quantitative estimate of drug-likeness (QED) is 0.948. The van der Waals surface area contributed by atoms with E-state index in [1.807, 2.05) is 19.2 Å². The second-order valence-corrected chi connectivity index (χ2v) is 4.84. The van der Waals surface area contributed by atoms with Crippen LogP contribution in [-0.4, -0.2) is 16.9 Å². The molecular formula is C13H16BrN3O. The maximum Gasteiger partial charge on any atom is 0.160 e. The molecule has 96 valence electrons. The van der Waals surface area contributed by atoms with E-state index < -0.39 is 0 Å². The molecule has 5 heteroatoms. The van der Waals surface area contributed by atoms with Gasteiger partial charge in [0.25, 0.3) is 0 Å². The second-order valence-electron chi connectivity index (χ2n) is 4.05. The molecule has 0 aliphatic carbocycles. The van der Waals surface area contributed by atoms with Gasteiger partial charge in [0, 0.05) is 12.6 Å². The summed E-state index contributed by atoms with van der Waals surface area (Å²) >= 11 is 3.48. The highest BCUT2D eigenvalue weighted by Gasteiger charge is 2.14. The number of hydrogen-bond donors (Lipinski definition) is 1. The Morgan fingerprint density at radius 1 is 1.44 bits per heavy atom. The predicted molar refractivity (Wildman–Crippen MR) is 76.7 cm³/mol. The molecule has 4 nitrogen and oxygen atoms in total. The van der Waals surface area contributed by atoms with E-state index in [0.717, 1.165) is 27.9 Å². The van der Waals surface area contributed by atoms with Crippen LogP contribution in [0.5, 0.6) is 5.75 Å². The van der Waals surface area contributed by atoms with Crippen LogP contribution in [0.1, 0.15) is 12.5 Å². The lowest BCUT2D eigenvalue weighted by atomic mass is 10.1. The van der Waals surface area contributed by atoms with E-state index in [-0.39, 0.29) is 0 Å². The van der Waals surface area contributed by atoms with Gasteiger partial charge in [-0.1, -0.05) is 6.92 Å². The van der Waals surface area contributed by atoms with Crippen LogP contribution in [0.15, 0.2) is 22.7 Å². The van der Waals surface area contributed by atoms with Gasteiger partial charge in [-0.15, -0.1) is 0 Å². The SMILES string of the molecule is CCc1cc(-c2c(Br)c(N)nn2C)ccc1OC. The Kier molecular flexibility index (Phi) is 3.61. The van der Waals surface area contributed by atoms with Gasteiger partial charge in [-0.3, -0.25) is 4.68 Å². The standard InChI is InChI=1S/C13H16BrN3O/c1-4-8-7-9(5-6-10(8)18-3)12-11(14)13(15)16-17(12)2/h5-7H,4H2,1-3H3,(H2,15,16). The van der Waals surface area contributed by atoms with Crippen LogP contribution in [0.4, 0.5) is 5.82 Å². The fourth-order valence-electron chi connectivity index (χ4n) is 2.03. The summed E-state index contributed by atoms with van der Waals surface area (Å²) in [5.41, 5.74) is 9.02. The summed E-state index contributed by atoms with van der Waals surface area (Å²) in [6.07, 6.45) is 0.919. The molecule has 2 aromatic rings. The van der Waals surface area contributed by atoms with E-state index in [2.05, 4.69) is 34.0 Å². The highest BCUT2D eigenvalue weighted by Crippen LogP contribution is 2.34. The smallest absolute Gasteiger partial charge is 0.160 e. The van der Waals surface area contributed by atoms with Crippen molar-refractivity contribution in [3.05, 3.63) is 28.2 Å². The lowest BCUT2D eigenvalue weighted by Gasteiger charge is -2.10. The number of nitrogens with two attached hydrogens (primary N) is 1. The van der Waals surface area contributed by atoms with E-state index >= 15 is 0 Å². The van der Waals surface area contributed by atoms with Crippen molar-refractivity contribution in [2.75, 3.05) is 12.8 Å². The third kappa shape index (κ3) is 2.10. The minimum absolute atomic E-state index is 0.501. The second kappa shape index (κ2) is 5.02. The third-order valence-electron chi connectivity index (χ3n) is 2.95. The summed E-state index contributed by atoms with van der Waals surface area (Å²) in [4.78, 5) is 0. The van der Waals surface area contributed by atoms with Crippen LogP contribution < -0.4 is 10.5 Å². The maximum absolute atomic E-state index is 5.80. The Labute approximate surface area is 115 Å². The zero-order valence-electron chi connectivity index (χ0n) is 10.7. The van der Waals surface area contributed by atoms with Crippen LogP contribution in [0, 0.1) is 0 Å². The largest absolute Gasteiger partial charge is 0.496 e. The van der Waals surface area contributed by atoms with Crippen LogP contribution in [0.2, 0.25) is 0 Å². The minimum atomic E-state index is 0.501. The lowest BCUT2D eigenvalue weighted by Crippen LogP contribution is -1.96. The molecule has 0 aliphatic rings. The van der Waals surface area contributed by atoms with E-state index in [1.165, 1.54) is 5.56 Å². The maximum atomic E-state index is 5.80. The summed E-state index contributed by atoms with van der Waals surface area (Å²) in [5.74, 6) is 1.41. The Hall–Kier alpha value is -1.49. The van der Waals surface area contributed by atoms with Crippen LogP contribution in [0.25, 0.3) is 11.3 Å². The molecule has 0 saturated heterocycles. The number of methoxy groups -OCH3 is 1. The molecule has 0 fully saturated rings. The van der Waals surface area contributed by atoms with Gasteiger partial charge in [0.15, 0.2) is 5.82 Å². The van der Waals surface area contributed by atoms with Crippen molar-refractivity contribution < 1.29 is 4.74 Å². The minimum Gasteiger partial charge on any atom is -0.496 e. The van der Waals surface area contributed by atoms with Gasteiger partial charge < -0.3 is 10.5 Å². The summed E-state index contributed by atoms with van der Waals surface area (Å²) in [5, 5.41) is 4.20. The van der Waals surface area contributed by atoms with Crippen molar-refractivity contribution in [1.82, 2.24) is 9.78 Å². The first kappa shape index (κ1) is 13.0. The molecule has 0 atom stereocenters. The molecule has 2 rings (SSSR count). The molecule has 0 amide bonds. The molecule has 1 aromatic heterocycles. The predicted octanol–water partition coefficient (Wildman–Crippen LogP) is 3.00. The Bertz CT molecular complexity index is 578. The number of rotatable bonds is 3. The van der Waals surface area contributed by atoms with Crippen molar-refractivity contribution in [3.8, 4) is 17.0 Å². The Morgan fingerprint density at radius 2 is 2.17 bits per heavy atom. The van der Waals surface area contributed by atoms with Gasteiger partial charge in [-0.2, -0.15) is 5.10 Å². The summed E-state index contributed by atoms with van der Waals surface area (Å²) in [7, 11) is 3.57. The monoisotopic (exact) mass is 309 g/mol. The number of nitrogens with zero attached hydrogens (tertiary/aromatic N) is 2. The van der Waals surface area contributed by atoms with Crippen molar-refractivity contribution in [3.63, 3.8) is 0 Å². The van der Waals surface area contributed by atoms with E-state index in [1.54, 1.807) is 11.8 Å². The zero-order valence-corrected chi connectivity index (χ0v) is 12.3. The first-order valence-corrected chi connectivity index (χ1v) is 6.53. The van der Waals surface area contributed by atoms with Crippen LogP contribution in [0.3, 0.4) is 0 Å². The number of hydrogen-bond acceptors (Lipinski definition) is 3. The number of anilines is 1. The summed E-state index contributed by atoms with van der Waals surface area (Å²) < 4.78 is 7.94. The molecule has 0 bridgehead atoms. The van der Waals surface area contributed by atoms with E-state index in [9.17, 15) is 0 Å². The topological polar surface area (TPSA) is 53.1 Å². The van der Waals surface area contributed by atoms with Gasteiger partial charge in [0.05, 0.1) is 17.3 Å². The fraction of sp³-hybridized carbons (Fsp3) is 0.308. The summed E-state index contributed by atoms with van der Waals surface area (Å²) in [6.45, 7) is 2.11. The van der Waals surface area contributed by atoms with Crippen molar-refractivity contribution in [2.24, 2.45) is 7.05 Å². The number of aryl methyl sites for hydroxylation is 2. The summed E-state index contributed by atoms with van der Waals surface area (Å²) in [6, 6.07) is 6.10. The molecule has 0 saturated carbocycles. The molecule has 0 spiro atoms. The highest BCUT2D eigenvalue weighted by atomic mass is 79.9. The van der Waals surface area contributed by atoms with Gasteiger partial charge in [-0.25, -0.2) is 0 Å². The van der Waals surface area contributed by atoms with Gasteiger partial charge in [0.2, 0.25) is 0 Å². The van der Waals surface area contributed by atoms with E-state index in [4.69, 9.17) is 10.5 Å². The zero-order chi connectivity index (χ0) is 13.3. The Morgan fingerprint density at radius 3 is 2.67 bits per heavy atom. The first-order valence-electron chi connectivity index (χ1n) is 5.73. The van der Waals surface area contributed by atoms with E-state index in [0.29, 0.717) is 5.82 Å². The molecule has 0 radical (unpaired) electrons. The normalized spacial score (nSPS) is 10.7. The molecule has 2 N–H and O–H groups in total. The van der Waals surface area contributed by atoms with Crippen LogP contribution >= 0.6 is 15.9 Å². The van der Waals surface area contributed by atoms with Gasteiger partial charge >= 0.3 is 0 Å². The lowest BCUT2D eigenvalue weighted by molar-refractivity contribution is 0.410. The first-order chi connectivity index (χ1) is 8.58. The molecule has 1 heterocycles. The fourth-order valence-corrected chi connectivity index (χ4v) is 2.60. The molecular weight excluding hydrogens is 294 g/mol. The van der Waals surface area contributed by atoms with Gasteiger partial charge in [0.1, 0.15) is 5.75 Å². The number of aromatic nitrogens is 2. The molecule has 0 unspecified atom stereocenters. The molecule has 0 aliphatic heterocycles. The molecule has 18 heavy (non-hydrogen) atoms. The van der Waals surface area contributed by atoms with Crippen LogP contribution in [-0.2, 0) is 13.5 Å². The highest BCUT2D eigenvalue weighted by molar-refractivity contribution is 9.10. The number of halogens is 1. The average molecular weight is 310 g/mol.